The minimum Gasteiger partial charge on any atom is -0.280 e. The molecule has 1 rings (SSSR count). The van der Waals surface area contributed by atoms with Crippen LogP contribution in [-0.4, -0.2) is 0 Å². The van der Waals surface area contributed by atoms with Crippen molar-refractivity contribution in [3.05, 3.63) is 33.6 Å². The molecule has 0 atom stereocenters. The van der Waals surface area contributed by atoms with Crippen molar-refractivity contribution in [2.24, 2.45) is 0 Å². The second-order valence-corrected chi connectivity index (χ2v) is 2.45. The molecule has 0 aromatic heterocycles. The van der Waals surface area contributed by atoms with Gasteiger partial charge in [-0.15, -0.1) is 29.3 Å². The molecule has 0 saturated carbocycles. The monoisotopic (exact) mass is 199 g/mol. The summed E-state index contributed by atoms with van der Waals surface area (Å²) < 4.78 is 37.0. The number of benzene rings is 1. The number of rotatable bonds is 0. The van der Waals surface area contributed by atoms with Crippen LogP contribution < -0.4 is 0 Å². The topological polar surface area (TPSA) is 0 Å². The third-order valence-electron chi connectivity index (χ3n) is 0.990. The maximum absolute atomic E-state index is 12.3. The van der Waals surface area contributed by atoms with Crippen LogP contribution in [0.15, 0.2) is 0 Å². The van der Waals surface area contributed by atoms with Crippen LogP contribution in [0.1, 0.15) is 0 Å². The van der Waals surface area contributed by atoms with Crippen LogP contribution in [0.2, 0.25) is 10.0 Å². The van der Waals surface area contributed by atoms with Gasteiger partial charge in [0.1, 0.15) is 0 Å². The molecule has 1 aromatic carbocycles. The van der Waals surface area contributed by atoms with Crippen molar-refractivity contribution in [3.8, 4) is 0 Å². The fourth-order valence-electron chi connectivity index (χ4n) is 0.495. The highest BCUT2D eigenvalue weighted by molar-refractivity contribution is 6.34. The molecule has 0 spiro atoms. The van der Waals surface area contributed by atoms with Crippen LogP contribution >= 0.6 is 23.2 Å². The molecule has 0 bridgehead atoms. The van der Waals surface area contributed by atoms with Gasteiger partial charge in [0, 0.05) is 0 Å². The molecule has 0 aliphatic heterocycles. The van der Waals surface area contributed by atoms with Gasteiger partial charge in [-0.05, 0) is 10.0 Å². The minimum atomic E-state index is -1.68. The maximum Gasteiger partial charge on any atom is 0.0865 e. The minimum absolute atomic E-state index is 0.658. The highest BCUT2D eigenvalue weighted by atomic mass is 35.5. The zero-order chi connectivity index (χ0) is 8.59. The van der Waals surface area contributed by atoms with Crippen LogP contribution in [0, 0.1) is 23.5 Å². The van der Waals surface area contributed by atoms with Gasteiger partial charge in [-0.1, -0.05) is 0 Å². The van der Waals surface area contributed by atoms with Crippen LogP contribution in [-0.2, 0) is 0 Å². The van der Waals surface area contributed by atoms with Crippen LogP contribution in [0.25, 0.3) is 0 Å². The quantitative estimate of drug-likeness (QED) is 0.342. The van der Waals surface area contributed by atoms with Gasteiger partial charge in [-0.25, -0.2) is 4.39 Å². The van der Waals surface area contributed by atoms with Crippen molar-refractivity contribution in [2.75, 3.05) is 0 Å². The van der Waals surface area contributed by atoms with Gasteiger partial charge >= 0.3 is 0 Å². The van der Waals surface area contributed by atoms with E-state index in [2.05, 4.69) is 0 Å². The van der Waals surface area contributed by atoms with E-state index in [9.17, 15) is 13.2 Å². The van der Waals surface area contributed by atoms with Gasteiger partial charge in [-0.3, -0.25) is 8.78 Å². The Hall–Kier alpha value is -0.410. The van der Waals surface area contributed by atoms with Gasteiger partial charge in [-0.2, -0.15) is 0 Å². The standard InChI is InChI=1S/C6Cl2F3/c7-2-1-3(8)5(10)6(11)4(2)9/q-1. The Bertz CT molecular complexity index is 272. The molecular formula is C6Cl2F3-. The molecule has 0 unspecified atom stereocenters. The molecule has 0 amide bonds. The lowest BCUT2D eigenvalue weighted by atomic mass is 10.3. The summed E-state index contributed by atoms with van der Waals surface area (Å²) in [6.07, 6.45) is 0. The molecule has 0 saturated heterocycles. The van der Waals surface area contributed by atoms with Crippen molar-refractivity contribution in [3.63, 3.8) is 0 Å². The summed E-state index contributed by atoms with van der Waals surface area (Å²) in [7, 11) is 0. The smallest absolute Gasteiger partial charge is 0.0865 e. The SMILES string of the molecule is Fc1c(Cl)[c-]c(Cl)c(F)c1F. The summed E-state index contributed by atoms with van der Waals surface area (Å²) in [6, 6.07) is 1.89. The average Bonchev–Trinajstić information content (AvgIpc) is 1.97. The Morgan fingerprint density at radius 1 is 0.818 bits per heavy atom. The molecule has 1 aromatic rings. The average molecular weight is 200 g/mol. The maximum atomic E-state index is 12.3. The Balaban J connectivity index is 3.46. The normalized spacial score (nSPS) is 10.3. The Labute approximate surface area is 70.5 Å². The third kappa shape index (κ3) is 1.44. The van der Waals surface area contributed by atoms with E-state index in [-0.39, 0.29) is 0 Å². The summed E-state index contributed by atoms with van der Waals surface area (Å²) in [6.45, 7) is 0. The molecule has 0 heterocycles. The van der Waals surface area contributed by atoms with Crippen LogP contribution in [0.5, 0.6) is 0 Å². The van der Waals surface area contributed by atoms with Gasteiger partial charge < -0.3 is 0 Å². The summed E-state index contributed by atoms with van der Waals surface area (Å²) in [5.41, 5.74) is 0. The fraction of sp³-hybridized carbons (Fsp3) is 0. The highest BCUT2D eigenvalue weighted by Gasteiger charge is 2.05. The summed E-state index contributed by atoms with van der Waals surface area (Å²) >= 11 is 10.1. The molecular weight excluding hydrogens is 200 g/mol. The molecule has 0 aliphatic carbocycles. The third-order valence-corrected chi connectivity index (χ3v) is 1.51. The fourth-order valence-corrected chi connectivity index (χ4v) is 0.898. The largest absolute Gasteiger partial charge is 0.280 e. The van der Waals surface area contributed by atoms with Crippen molar-refractivity contribution in [1.82, 2.24) is 0 Å². The molecule has 0 aliphatic rings. The number of hydrogen-bond donors (Lipinski definition) is 0. The molecule has 5 heteroatoms. The van der Waals surface area contributed by atoms with Crippen molar-refractivity contribution < 1.29 is 13.2 Å². The van der Waals surface area contributed by atoms with E-state index < -0.39 is 27.5 Å². The van der Waals surface area contributed by atoms with E-state index in [1.165, 1.54) is 0 Å². The molecule has 11 heavy (non-hydrogen) atoms. The van der Waals surface area contributed by atoms with Crippen molar-refractivity contribution in [1.29, 1.82) is 0 Å². The van der Waals surface area contributed by atoms with Gasteiger partial charge in [0.2, 0.25) is 0 Å². The first-order valence-corrected chi connectivity index (χ1v) is 3.20. The molecule has 0 radical (unpaired) electrons. The zero-order valence-corrected chi connectivity index (χ0v) is 6.40. The van der Waals surface area contributed by atoms with Crippen LogP contribution in [0.4, 0.5) is 13.2 Å². The second-order valence-electron chi connectivity index (χ2n) is 1.69. The lowest BCUT2D eigenvalue weighted by Gasteiger charge is -2.08. The predicted octanol–water partition coefficient (Wildman–Crippen LogP) is 3.21. The number of hydrogen-bond acceptors (Lipinski definition) is 0. The van der Waals surface area contributed by atoms with E-state index in [1.54, 1.807) is 0 Å². The van der Waals surface area contributed by atoms with Crippen LogP contribution in [0.3, 0.4) is 0 Å². The van der Waals surface area contributed by atoms with E-state index >= 15 is 0 Å². The van der Waals surface area contributed by atoms with Crippen molar-refractivity contribution in [2.45, 2.75) is 0 Å². The lowest BCUT2D eigenvalue weighted by Crippen LogP contribution is -1.92. The molecule has 0 nitrogen and oxygen atoms in total. The zero-order valence-electron chi connectivity index (χ0n) is 4.89. The highest BCUT2D eigenvalue weighted by Crippen LogP contribution is 2.25. The number of halogens is 5. The summed E-state index contributed by atoms with van der Waals surface area (Å²) in [5.74, 6) is -4.64. The van der Waals surface area contributed by atoms with Crippen molar-refractivity contribution >= 4 is 23.2 Å². The van der Waals surface area contributed by atoms with Gasteiger partial charge in [0.15, 0.2) is 0 Å². The summed E-state index contributed by atoms with van der Waals surface area (Å²) in [4.78, 5) is 0. The lowest BCUT2D eigenvalue weighted by molar-refractivity contribution is 0.447. The molecule has 60 valence electrons. The molecule has 0 fully saturated rings. The van der Waals surface area contributed by atoms with Gasteiger partial charge in [0.25, 0.3) is 0 Å². The van der Waals surface area contributed by atoms with E-state index in [4.69, 9.17) is 23.2 Å². The first-order valence-electron chi connectivity index (χ1n) is 2.44. The molecule has 0 N–H and O–H groups in total. The van der Waals surface area contributed by atoms with Gasteiger partial charge in [0.05, 0.1) is 17.5 Å². The first kappa shape index (κ1) is 8.68. The first-order chi connectivity index (χ1) is 5.04. The summed E-state index contributed by atoms with van der Waals surface area (Å²) in [5, 5.41) is -1.32. The van der Waals surface area contributed by atoms with E-state index in [0.29, 0.717) is 0 Å². The Morgan fingerprint density at radius 3 is 1.55 bits per heavy atom. The Morgan fingerprint density at radius 2 is 1.18 bits per heavy atom. The van der Waals surface area contributed by atoms with E-state index in [1.807, 2.05) is 6.07 Å². The predicted molar refractivity (Wildman–Crippen MR) is 35.2 cm³/mol. The Kier molecular flexibility index (Phi) is 2.30. The van der Waals surface area contributed by atoms with E-state index in [0.717, 1.165) is 0 Å². The second kappa shape index (κ2) is 2.91.